The van der Waals surface area contributed by atoms with Crippen LogP contribution in [0.5, 0.6) is 0 Å². The summed E-state index contributed by atoms with van der Waals surface area (Å²) in [6.07, 6.45) is 2.08. The van der Waals surface area contributed by atoms with Gasteiger partial charge in [-0.2, -0.15) is 0 Å². The Morgan fingerprint density at radius 3 is 2.38 bits per heavy atom. The highest BCUT2D eigenvalue weighted by atomic mass is 35.5. The number of aliphatic hydroxyl groups is 1. The fourth-order valence-corrected chi connectivity index (χ4v) is 3.84. The minimum absolute atomic E-state index is 0.113. The molecule has 0 spiro atoms. The predicted molar refractivity (Wildman–Crippen MR) is 127 cm³/mol. The summed E-state index contributed by atoms with van der Waals surface area (Å²) in [5.41, 5.74) is 2.51. The second kappa shape index (κ2) is 8.98. The lowest BCUT2D eigenvalue weighted by Gasteiger charge is -2.11. The monoisotopic (exact) mass is 450 g/mol. The third kappa shape index (κ3) is 3.92. The summed E-state index contributed by atoms with van der Waals surface area (Å²) in [6.45, 7) is 4.19. The van der Waals surface area contributed by atoms with Gasteiger partial charge < -0.3 is 9.67 Å². The molecule has 2 heterocycles. The van der Waals surface area contributed by atoms with Crippen LogP contribution in [0.4, 0.5) is 0 Å². The van der Waals surface area contributed by atoms with Crippen LogP contribution < -0.4 is 11.2 Å². The van der Waals surface area contributed by atoms with Gasteiger partial charge in [-0.1, -0.05) is 48.5 Å². The Hall–Kier alpha value is -3.42. The highest BCUT2D eigenvalue weighted by Gasteiger charge is 2.21. The lowest BCUT2D eigenvalue weighted by atomic mass is 10.1. The molecule has 0 unspecified atom stereocenters. The highest BCUT2D eigenvalue weighted by molar-refractivity contribution is 6.30. The number of imidazole rings is 1. The molecule has 0 saturated carbocycles. The van der Waals surface area contributed by atoms with Gasteiger partial charge in [0, 0.05) is 37.3 Å². The molecule has 32 heavy (non-hydrogen) atoms. The average Bonchev–Trinajstić information content (AvgIpc) is 3.18. The molecule has 0 aliphatic rings. The lowest BCUT2D eigenvalue weighted by molar-refractivity contribution is 0.277. The first-order chi connectivity index (χ1) is 15.4. The number of benzene rings is 2. The third-order valence-electron chi connectivity index (χ3n) is 5.43. The van der Waals surface area contributed by atoms with Crippen molar-refractivity contribution < 1.29 is 5.11 Å². The Kier molecular flexibility index (Phi) is 6.12. The van der Waals surface area contributed by atoms with E-state index in [1.54, 1.807) is 25.3 Å². The van der Waals surface area contributed by atoms with Crippen LogP contribution in [-0.4, -0.2) is 30.4 Å². The molecule has 0 aliphatic heterocycles. The Bertz CT molecular complexity index is 1400. The minimum Gasteiger partial charge on any atom is -0.396 e. The van der Waals surface area contributed by atoms with Crippen LogP contribution in [-0.2, 0) is 20.1 Å². The first-order valence-corrected chi connectivity index (χ1v) is 10.6. The van der Waals surface area contributed by atoms with E-state index in [1.807, 2.05) is 41.0 Å². The van der Waals surface area contributed by atoms with Crippen molar-refractivity contribution in [1.82, 2.24) is 18.7 Å². The molecule has 0 amide bonds. The van der Waals surface area contributed by atoms with Gasteiger partial charge in [0.25, 0.3) is 5.56 Å². The van der Waals surface area contributed by atoms with Crippen molar-refractivity contribution in [3.05, 3.63) is 92.1 Å². The van der Waals surface area contributed by atoms with E-state index >= 15 is 0 Å². The fraction of sp³-hybridized carbons (Fsp3) is 0.208. The van der Waals surface area contributed by atoms with E-state index in [0.717, 1.165) is 21.3 Å². The van der Waals surface area contributed by atoms with Crippen molar-refractivity contribution in [3.8, 4) is 11.4 Å². The Labute approximate surface area is 189 Å². The molecule has 2 aromatic carbocycles. The first-order valence-electron chi connectivity index (χ1n) is 10.2. The maximum atomic E-state index is 13.4. The smallest absolute Gasteiger partial charge is 0.332 e. The van der Waals surface area contributed by atoms with E-state index in [-0.39, 0.29) is 13.2 Å². The van der Waals surface area contributed by atoms with Crippen molar-refractivity contribution in [2.24, 2.45) is 7.05 Å². The SMILES string of the molecule is C=Cc1ccc(Cn2c(-c3ccc(Cl)cc3)nc3c2c(=O)n(CCCO)c(=O)n3C)cc1. The van der Waals surface area contributed by atoms with Crippen LogP contribution in [0, 0.1) is 0 Å². The van der Waals surface area contributed by atoms with Crippen LogP contribution in [0.1, 0.15) is 17.5 Å². The Morgan fingerprint density at radius 1 is 1.06 bits per heavy atom. The number of nitrogens with zero attached hydrogens (tertiary/aromatic N) is 4. The number of aliphatic hydroxyl groups excluding tert-OH is 1. The molecule has 164 valence electrons. The van der Waals surface area contributed by atoms with E-state index in [1.165, 1.54) is 4.57 Å². The maximum Gasteiger partial charge on any atom is 0.332 e. The fourth-order valence-electron chi connectivity index (χ4n) is 3.71. The quantitative estimate of drug-likeness (QED) is 0.468. The molecule has 4 rings (SSSR count). The van der Waals surface area contributed by atoms with Crippen LogP contribution in [0.3, 0.4) is 0 Å². The molecule has 0 fully saturated rings. The van der Waals surface area contributed by atoms with Gasteiger partial charge >= 0.3 is 5.69 Å². The Balaban J connectivity index is 1.99. The molecule has 0 saturated heterocycles. The van der Waals surface area contributed by atoms with Crippen LogP contribution >= 0.6 is 11.6 Å². The topological polar surface area (TPSA) is 82.1 Å². The van der Waals surface area contributed by atoms with Crippen molar-refractivity contribution in [3.63, 3.8) is 0 Å². The van der Waals surface area contributed by atoms with Crippen molar-refractivity contribution in [1.29, 1.82) is 0 Å². The normalized spacial score (nSPS) is 11.2. The largest absolute Gasteiger partial charge is 0.396 e. The van der Waals surface area contributed by atoms with Gasteiger partial charge in [-0.3, -0.25) is 13.9 Å². The van der Waals surface area contributed by atoms with Crippen molar-refractivity contribution in [2.45, 2.75) is 19.5 Å². The number of rotatable bonds is 7. The molecule has 0 bridgehead atoms. The minimum atomic E-state index is -0.460. The van der Waals surface area contributed by atoms with E-state index in [9.17, 15) is 14.7 Å². The molecular formula is C24H23ClN4O3. The Morgan fingerprint density at radius 2 is 1.75 bits per heavy atom. The average molecular weight is 451 g/mol. The predicted octanol–water partition coefficient (Wildman–Crippen LogP) is 3.29. The number of aromatic nitrogens is 4. The van der Waals surface area contributed by atoms with E-state index in [4.69, 9.17) is 11.6 Å². The molecule has 7 nitrogen and oxygen atoms in total. The standard InChI is InChI=1S/C24H23ClN4O3/c1-3-16-5-7-17(8-6-16)15-29-20-22(26-21(29)18-9-11-19(25)12-10-18)27(2)24(32)28(23(20)31)13-4-14-30/h3,5-12,30H,1,4,13-15H2,2H3. The molecule has 0 atom stereocenters. The molecule has 0 radical (unpaired) electrons. The summed E-state index contributed by atoms with van der Waals surface area (Å²) in [5, 5.41) is 9.79. The number of hydrogen-bond donors (Lipinski definition) is 1. The van der Waals surface area contributed by atoms with Gasteiger partial charge in [0.1, 0.15) is 5.82 Å². The van der Waals surface area contributed by atoms with Gasteiger partial charge in [0.15, 0.2) is 11.2 Å². The zero-order valence-electron chi connectivity index (χ0n) is 17.7. The molecule has 2 aromatic heterocycles. The highest BCUT2D eigenvalue weighted by Crippen LogP contribution is 2.25. The lowest BCUT2D eigenvalue weighted by Crippen LogP contribution is -2.39. The van der Waals surface area contributed by atoms with E-state index in [0.29, 0.717) is 35.0 Å². The number of hydrogen-bond acceptors (Lipinski definition) is 4. The summed E-state index contributed by atoms with van der Waals surface area (Å²) in [4.78, 5) is 30.9. The molecule has 8 heteroatoms. The van der Waals surface area contributed by atoms with E-state index < -0.39 is 11.2 Å². The summed E-state index contributed by atoms with van der Waals surface area (Å²) in [5.74, 6) is 0.566. The molecule has 4 aromatic rings. The van der Waals surface area contributed by atoms with Crippen LogP contribution in [0.15, 0.2) is 64.7 Å². The maximum absolute atomic E-state index is 13.4. The summed E-state index contributed by atoms with van der Waals surface area (Å²) in [7, 11) is 1.60. The van der Waals surface area contributed by atoms with Gasteiger partial charge in [-0.05, 0) is 41.8 Å². The number of halogens is 1. The van der Waals surface area contributed by atoms with Gasteiger partial charge in [0.2, 0.25) is 0 Å². The third-order valence-corrected chi connectivity index (χ3v) is 5.68. The number of aryl methyl sites for hydroxylation is 1. The number of fused-ring (bicyclic) bond motifs is 1. The van der Waals surface area contributed by atoms with Gasteiger partial charge in [0.05, 0.1) is 0 Å². The van der Waals surface area contributed by atoms with Gasteiger partial charge in [-0.25, -0.2) is 9.78 Å². The van der Waals surface area contributed by atoms with Crippen LogP contribution in [0.25, 0.3) is 28.6 Å². The van der Waals surface area contributed by atoms with Crippen LogP contribution in [0.2, 0.25) is 5.02 Å². The molecular weight excluding hydrogens is 428 g/mol. The zero-order chi connectivity index (χ0) is 22.8. The summed E-state index contributed by atoms with van der Waals surface area (Å²) < 4.78 is 4.37. The van der Waals surface area contributed by atoms with E-state index in [2.05, 4.69) is 11.6 Å². The zero-order valence-corrected chi connectivity index (χ0v) is 18.4. The van der Waals surface area contributed by atoms with Gasteiger partial charge in [-0.15, -0.1) is 0 Å². The second-order valence-electron chi connectivity index (χ2n) is 7.52. The summed E-state index contributed by atoms with van der Waals surface area (Å²) in [6, 6.07) is 15.1. The molecule has 0 aliphatic carbocycles. The van der Waals surface area contributed by atoms with Crippen molar-refractivity contribution >= 4 is 28.8 Å². The first kappa shape index (κ1) is 21.8. The summed E-state index contributed by atoms with van der Waals surface area (Å²) >= 11 is 6.06. The van der Waals surface area contributed by atoms with Crippen molar-refractivity contribution in [2.75, 3.05) is 6.61 Å². The second-order valence-corrected chi connectivity index (χ2v) is 7.96. The molecule has 1 N–H and O–H groups in total.